The van der Waals surface area contributed by atoms with Crippen LogP contribution in [0.2, 0.25) is 0 Å². The number of ether oxygens (including phenoxy) is 1. The van der Waals surface area contributed by atoms with Crippen molar-refractivity contribution >= 4 is 28.2 Å². The minimum Gasteiger partial charge on any atom is -0.488 e. The van der Waals surface area contributed by atoms with E-state index in [1.807, 2.05) is 0 Å². The maximum atomic E-state index is 12.6. The Morgan fingerprint density at radius 2 is 2.00 bits per heavy atom. The van der Waals surface area contributed by atoms with Crippen LogP contribution in [0.25, 0.3) is 0 Å². The molecule has 0 spiro atoms. The van der Waals surface area contributed by atoms with E-state index in [-0.39, 0.29) is 37.5 Å². The number of hydrogen-bond acceptors (Lipinski definition) is 5. The topological polar surface area (TPSA) is 84.5 Å². The third-order valence-electron chi connectivity index (χ3n) is 4.26. The molecule has 1 aromatic rings. The maximum absolute atomic E-state index is 12.6. The summed E-state index contributed by atoms with van der Waals surface area (Å²) in [6, 6.07) is 6.40. The number of benzene rings is 1. The molecule has 1 heterocycles. The second-order valence-electron chi connectivity index (χ2n) is 6.05. The van der Waals surface area contributed by atoms with E-state index in [0.29, 0.717) is 18.7 Å². The molecule has 6 nitrogen and oxygen atoms in total. The molecule has 1 aromatic carbocycles. The molecule has 10 heteroatoms. The van der Waals surface area contributed by atoms with E-state index in [9.17, 15) is 22.0 Å². The highest BCUT2D eigenvalue weighted by Gasteiger charge is 2.48. The van der Waals surface area contributed by atoms with Gasteiger partial charge >= 0.3 is 0 Å². The largest absolute Gasteiger partial charge is 0.488 e. The first-order valence-corrected chi connectivity index (χ1v) is 9.82. The Kier molecular flexibility index (Phi) is 8.23. The van der Waals surface area contributed by atoms with Crippen LogP contribution in [0.1, 0.15) is 18.4 Å². The van der Waals surface area contributed by atoms with Crippen LogP contribution in [0.3, 0.4) is 0 Å². The standard InChI is InChI=1S/C16H22F2N2O4S.ClH/c1-25(22,23)16(5-7-19-8-6-16)15(21)20-10-12-3-2-4-13(9-12)24-11-14(17)18;/h2-4,9,14,19H,5-8,10-11H2,1H3,(H,20,21);1H. The van der Waals surface area contributed by atoms with Crippen molar-refractivity contribution in [3.63, 3.8) is 0 Å². The molecule has 1 amide bonds. The van der Waals surface area contributed by atoms with Crippen LogP contribution in [0.15, 0.2) is 24.3 Å². The van der Waals surface area contributed by atoms with E-state index < -0.39 is 33.5 Å². The normalized spacial score (nSPS) is 16.6. The molecule has 2 N–H and O–H groups in total. The van der Waals surface area contributed by atoms with Crippen LogP contribution >= 0.6 is 12.4 Å². The van der Waals surface area contributed by atoms with Gasteiger partial charge in [0.25, 0.3) is 6.43 Å². The Labute approximate surface area is 158 Å². The zero-order valence-electron chi connectivity index (χ0n) is 14.3. The van der Waals surface area contributed by atoms with Gasteiger partial charge in [0.05, 0.1) is 0 Å². The summed E-state index contributed by atoms with van der Waals surface area (Å²) in [5.41, 5.74) is 0.637. The van der Waals surface area contributed by atoms with Gasteiger partial charge in [0.15, 0.2) is 14.6 Å². The molecule has 0 atom stereocenters. The first-order valence-electron chi connectivity index (χ1n) is 7.93. The zero-order valence-corrected chi connectivity index (χ0v) is 16.0. The third-order valence-corrected chi connectivity index (χ3v) is 6.28. The molecule has 26 heavy (non-hydrogen) atoms. The Morgan fingerprint density at radius 3 is 2.58 bits per heavy atom. The fourth-order valence-corrected chi connectivity index (χ4v) is 4.20. The molecule has 1 saturated heterocycles. The second kappa shape index (κ2) is 9.48. The summed E-state index contributed by atoms with van der Waals surface area (Å²) >= 11 is 0. The molecule has 1 aliphatic heterocycles. The lowest BCUT2D eigenvalue weighted by molar-refractivity contribution is -0.124. The predicted octanol–water partition coefficient (Wildman–Crippen LogP) is 1.54. The first kappa shape index (κ1) is 22.6. The fraction of sp³-hybridized carbons (Fsp3) is 0.562. The van der Waals surface area contributed by atoms with Gasteiger partial charge in [0.1, 0.15) is 12.4 Å². The van der Waals surface area contributed by atoms with Gasteiger partial charge in [-0.1, -0.05) is 12.1 Å². The SMILES string of the molecule is CS(=O)(=O)C1(C(=O)NCc2cccc(OCC(F)F)c2)CCNCC1.Cl. The van der Waals surface area contributed by atoms with E-state index in [0.717, 1.165) is 6.26 Å². The lowest BCUT2D eigenvalue weighted by Gasteiger charge is -2.34. The molecule has 0 radical (unpaired) electrons. The quantitative estimate of drug-likeness (QED) is 0.709. The zero-order chi connectivity index (χ0) is 18.5. The van der Waals surface area contributed by atoms with E-state index >= 15 is 0 Å². The van der Waals surface area contributed by atoms with Crippen molar-refractivity contribution in [2.75, 3.05) is 26.0 Å². The van der Waals surface area contributed by atoms with Crippen molar-refractivity contribution < 1.29 is 26.7 Å². The monoisotopic (exact) mass is 412 g/mol. The van der Waals surface area contributed by atoms with Crippen molar-refractivity contribution in [1.29, 1.82) is 0 Å². The number of amides is 1. The Morgan fingerprint density at radius 1 is 1.35 bits per heavy atom. The highest BCUT2D eigenvalue weighted by molar-refractivity contribution is 7.92. The van der Waals surface area contributed by atoms with Crippen molar-refractivity contribution in [3.05, 3.63) is 29.8 Å². The minimum absolute atomic E-state index is 0. The summed E-state index contributed by atoms with van der Waals surface area (Å²) in [6.45, 7) is 0.296. The van der Waals surface area contributed by atoms with Crippen LogP contribution < -0.4 is 15.4 Å². The fourth-order valence-electron chi connectivity index (χ4n) is 2.84. The van der Waals surface area contributed by atoms with Gasteiger partial charge < -0.3 is 15.4 Å². The molecule has 2 rings (SSSR count). The molecule has 0 bridgehead atoms. The van der Waals surface area contributed by atoms with Crippen molar-refractivity contribution in [2.24, 2.45) is 0 Å². The highest BCUT2D eigenvalue weighted by Crippen LogP contribution is 2.28. The third kappa shape index (κ3) is 5.52. The van der Waals surface area contributed by atoms with Gasteiger partial charge in [-0.2, -0.15) is 0 Å². The number of sulfone groups is 1. The Bertz CT molecular complexity index is 710. The molecule has 0 unspecified atom stereocenters. The lowest BCUT2D eigenvalue weighted by Crippen LogP contribution is -2.57. The number of alkyl halides is 2. The average Bonchev–Trinajstić information content (AvgIpc) is 2.58. The molecule has 0 aliphatic carbocycles. The molecule has 1 aliphatic rings. The van der Waals surface area contributed by atoms with Crippen molar-refractivity contribution in [3.8, 4) is 5.75 Å². The van der Waals surface area contributed by atoms with Gasteiger partial charge in [-0.15, -0.1) is 12.4 Å². The molecule has 1 fully saturated rings. The summed E-state index contributed by atoms with van der Waals surface area (Å²) in [5.74, 6) is -0.262. The summed E-state index contributed by atoms with van der Waals surface area (Å²) in [6.07, 6.45) is -1.06. The summed E-state index contributed by atoms with van der Waals surface area (Å²) in [7, 11) is -3.58. The van der Waals surface area contributed by atoms with Gasteiger partial charge in [-0.25, -0.2) is 17.2 Å². The molecular formula is C16H23ClF2N2O4S. The van der Waals surface area contributed by atoms with E-state index in [1.165, 1.54) is 6.07 Å². The van der Waals surface area contributed by atoms with Crippen molar-refractivity contribution in [1.82, 2.24) is 10.6 Å². The highest BCUT2D eigenvalue weighted by atomic mass is 35.5. The van der Waals surface area contributed by atoms with Crippen LogP contribution in [-0.2, 0) is 21.2 Å². The maximum Gasteiger partial charge on any atom is 0.272 e. The number of rotatable bonds is 7. The number of piperidine rings is 1. The van der Waals surface area contributed by atoms with Crippen LogP contribution in [0.4, 0.5) is 8.78 Å². The summed E-state index contributed by atoms with van der Waals surface area (Å²) < 4.78 is 52.3. The van der Waals surface area contributed by atoms with Gasteiger partial charge in [-0.05, 0) is 43.6 Å². The van der Waals surface area contributed by atoms with E-state index in [4.69, 9.17) is 4.74 Å². The first-order chi connectivity index (χ1) is 11.7. The van der Waals surface area contributed by atoms with Crippen LogP contribution in [0.5, 0.6) is 5.75 Å². The second-order valence-corrected chi connectivity index (χ2v) is 8.37. The smallest absolute Gasteiger partial charge is 0.272 e. The minimum atomic E-state index is -3.58. The van der Waals surface area contributed by atoms with Crippen molar-refractivity contribution in [2.45, 2.75) is 30.6 Å². The van der Waals surface area contributed by atoms with Gasteiger partial charge in [0.2, 0.25) is 5.91 Å². The molecule has 148 valence electrons. The number of carbonyl (C=O) groups is 1. The number of hydrogen-bond donors (Lipinski definition) is 2. The summed E-state index contributed by atoms with van der Waals surface area (Å²) in [4.78, 5) is 12.6. The number of nitrogens with one attached hydrogen (secondary N) is 2. The van der Waals surface area contributed by atoms with Gasteiger partial charge in [0, 0.05) is 12.8 Å². The van der Waals surface area contributed by atoms with Crippen LogP contribution in [0, 0.1) is 0 Å². The van der Waals surface area contributed by atoms with E-state index in [1.54, 1.807) is 18.2 Å². The lowest BCUT2D eigenvalue weighted by atomic mass is 9.95. The van der Waals surface area contributed by atoms with Crippen LogP contribution in [-0.4, -0.2) is 51.4 Å². The molecular weight excluding hydrogens is 390 g/mol. The number of halogens is 3. The predicted molar refractivity (Wildman–Crippen MR) is 96.7 cm³/mol. The van der Waals surface area contributed by atoms with E-state index in [2.05, 4.69) is 10.6 Å². The Balaban J connectivity index is 0.00000338. The molecule has 0 aromatic heterocycles. The summed E-state index contributed by atoms with van der Waals surface area (Å²) in [5, 5.41) is 5.71. The molecule has 0 saturated carbocycles. The Hall–Kier alpha value is -1.45. The number of carbonyl (C=O) groups excluding carboxylic acids is 1. The average molecular weight is 413 g/mol. The van der Waals surface area contributed by atoms with Gasteiger partial charge in [-0.3, -0.25) is 4.79 Å².